The van der Waals surface area contributed by atoms with Gasteiger partial charge in [0.15, 0.2) is 5.82 Å². The first-order valence-electron chi connectivity index (χ1n) is 7.55. The predicted octanol–water partition coefficient (Wildman–Crippen LogP) is 3.63. The Morgan fingerprint density at radius 2 is 1.84 bits per heavy atom. The van der Waals surface area contributed by atoms with Gasteiger partial charge >= 0.3 is 0 Å². The van der Waals surface area contributed by atoms with Crippen LogP contribution in [0.2, 0.25) is 0 Å². The predicted molar refractivity (Wildman–Crippen MR) is 75.6 cm³/mol. The van der Waals surface area contributed by atoms with E-state index in [1.807, 2.05) is 0 Å². The van der Waals surface area contributed by atoms with Crippen LogP contribution in [0.1, 0.15) is 77.1 Å². The van der Waals surface area contributed by atoms with Crippen molar-refractivity contribution in [2.24, 2.45) is 17.1 Å². The van der Waals surface area contributed by atoms with Crippen LogP contribution in [0.4, 0.5) is 0 Å². The Kier molecular flexibility index (Phi) is 4.61. The normalized spacial score (nSPS) is 20.2. The van der Waals surface area contributed by atoms with Crippen molar-refractivity contribution in [2.45, 2.75) is 71.8 Å². The summed E-state index contributed by atoms with van der Waals surface area (Å²) in [5.41, 5.74) is 6.12. The molecule has 1 heterocycles. The van der Waals surface area contributed by atoms with Crippen molar-refractivity contribution in [1.29, 1.82) is 0 Å². The maximum atomic E-state index is 6.16. The summed E-state index contributed by atoms with van der Waals surface area (Å²) >= 11 is 0. The fourth-order valence-corrected chi connectivity index (χ4v) is 2.68. The second kappa shape index (κ2) is 6.04. The molecule has 4 nitrogen and oxygen atoms in total. The molecule has 1 aliphatic rings. The standard InChI is InChI=1S/C15H27N3O/c1-15(2,3)13(16)14-17-12(19-18-14)10-11-8-6-4-5-7-9-11/h11,13H,4-10,16H2,1-3H3. The molecule has 0 spiro atoms. The van der Waals surface area contributed by atoms with Crippen LogP contribution in [0.15, 0.2) is 4.52 Å². The average molecular weight is 265 g/mol. The molecule has 0 bridgehead atoms. The molecule has 2 N–H and O–H groups in total. The van der Waals surface area contributed by atoms with Crippen LogP contribution in [0.3, 0.4) is 0 Å². The third-order valence-corrected chi connectivity index (χ3v) is 4.13. The SMILES string of the molecule is CC(C)(C)C(N)c1noc(CC2CCCCCC2)n1. The summed E-state index contributed by atoms with van der Waals surface area (Å²) in [7, 11) is 0. The third kappa shape index (κ3) is 4.03. The molecule has 0 radical (unpaired) electrons. The molecule has 1 aliphatic carbocycles. The lowest BCUT2D eigenvalue weighted by atomic mass is 9.87. The smallest absolute Gasteiger partial charge is 0.226 e. The van der Waals surface area contributed by atoms with Crippen molar-refractivity contribution < 1.29 is 4.52 Å². The molecule has 2 rings (SSSR count). The maximum absolute atomic E-state index is 6.16. The molecule has 108 valence electrons. The van der Waals surface area contributed by atoms with Crippen LogP contribution in [-0.2, 0) is 6.42 Å². The summed E-state index contributed by atoms with van der Waals surface area (Å²) in [6.45, 7) is 6.29. The minimum absolute atomic E-state index is 0.0382. The van der Waals surface area contributed by atoms with E-state index in [0.29, 0.717) is 11.7 Å². The molecule has 4 heteroatoms. The van der Waals surface area contributed by atoms with Crippen LogP contribution in [0, 0.1) is 11.3 Å². The first kappa shape index (κ1) is 14.5. The third-order valence-electron chi connectivity index (χ3n) is 4.13. The van der Waals surface area contributed by atoms with Crippen molar-refractivity contribution in [1.82, 2.24) is 10.1 Å². The molecule has 0 aliphatic heterocycles. The Bertz CT molecular complexity index is 386. The van der Waals surface area contributed by atoms with Gasteiger partial charge in [0.05, 0.1) is 6.04 Å². The number of rotatable bonds is 3. The summed E-state index contributed by atoms with van der Waals surface area (Å²) in [6.07, 6.45) is 8.94. The Morgan fingerprint density at radius 3 is 2.42 bits per heavy atom. The highest BCUT2D eigenvalue weighted by Gasteiger charge is 2.27. The van der Waals surface area contributed by atoms with E-state index >= 15 is 0 Å². The van der Waals surface area contributed by atoms with E-state index < -0.39 is 0 Å². The lowest BCUT2D eigenvalue weighted by Crippen LogP contribution is -2.27. The van der Waals surface area contributed by atoms with Crippen molar-refractivity contribution in [2.75, 3.05) is 0 Å². The molecule has 0 amide bonds. The molecule has 1 fully saturated rings. The van der Waals surface area contributed by atoms with Crippen LogP contribution >= 0.6 is 0 Å². The van der Waals surface area contributed by atoms with Crippen molar-refractivity contribution in [3.05, 3.63) is 11.7 Å². The van der Waals surface area contributed by atoms with E-state index in [1.54, 1.807) is 0 Å². The largest absolute Gasteiger partial charge is 0.339 e. The van der Waals surface area contributed by atoms with Gasteiger partial charge in [0, 0.05) is 6.42 Å². The van der Waals surface area contributed by atoms with Gasteiger partial charge < -0.3 is 10.3 Å². The Labute approximate surface area is 116 Å². The van der Waals surface area contributed by atoms with Crippen LogP contribution in [0.5, 0.6) is 0 Å². The molecular weight excluding hydrogens is 238 g/mol. The topological polar surface area (TPSA) is 64.9 Å². The fourth-order valence-electron chi connectivity index (χ4n) is 2.68. The average Bonchev–Trinajstić information content (AvgIpc) is 2.63. The van der Waals surface area contributed by atoms with E-state index in [2.05, 4.69) is 30.9 Å². The van der Waals surface area contributed by atoms with E-state index in [9.17, 15) is 0 Å². The highest BCUT2D eigenvalue weighted by molar-refractivity contribution is 4.98. The summed E-state index contributed by atoms with van der Waals surface area (Å²) in [5.74, 6) is 2.12. The van der Waals surface area contributed by atoms with Crippen molar-refractivity contribution in [3.63, 3.8) is 0 Å². The Morgan fingerprint density at radius 1 is 1.21 bits per heavy atom. The fraction of sp³-hybridized carbons (Fsp3) is 0.867. The number of nitrogens with zero attached hydrogens (tertiary/aromatic N) is 2. The van der Waals surface area contributed by atoms with Crippen molar-refractivity contribution >= 4 is 0 Å². The van der Waals surface area contributed by atoms with E-state index in [0.717, 1.165) is 12.3 Å². The second-order valence-corrected chi connectivity index (χ2v) is 6.95. The van der Waals surface area contributed by atoms with Gasteiger partial charge in [-0.05, 0) is 24.2 Å². The minimum Gasteiger partial charge on any atom is -0.339 e. The van der Waals surface area contributed by atoms with E-state index in [-0.39, 0.29) is 11.5 Å². The lowest BCUT2D eigenvalue weighted by Gasteiger charge is -2.23. The maximum Gasteiger partial charge on any atom is 0.226 e. The molecule has 0 saturated heterocycles. The number of hydrogen-bond acceptors (Lipinski definition) is 4. The van der Waals surface area contributed by atoms with Crippen molar-refractivity contribution in [3.8, 4) is 0 Å². The zero-order valence-corrected chi connectivity index (χ0v) is 12.5. The molecule has 1 aromatic rings. The quantitative estimate of drug-likeness (QED) is 0.848. The van der Waals surface area contributed by atoms with Gasteiger partial charge in [-0.3, -0.25) is 0 Å². The number of aromatic nitrogens is 2. The highest BCUT2D eigenvalue weighted by atomic mass is 16.5. The zero-order chi connectivity index (χ0) is 13.9. The Balaban J connectivity index is 1.97. The monoisotopic (exact) mass is 265 g/mol. The van der Waals surface area contributed by atoms with Crippen LogP contribution in [0.25, 0.3) is 0 Å². The molecule has 1 aromatic heterocycles. The first-order chi connectivity index (χ1) is 8.97. The summed E-state index contributed by atoms with van der Waals surface area (Å²) in [5, 5.41) is 4.06. The second-order valence-electron chi connectivity index (χ2n) is 6.95. The summed E-state index contributed by atoms with van der Waals surface area (Å²) in [6, 6.07) is -0.167. The molecule has 19 heavy (non-hydrogen) atoms. The molecule has 1 atom stereocenters. The molecular formula is C15H27N3O. The Hall–Kier alpha value is -0.900. The van der Waals surface area contributed by atoms with Crippen LogP contribution in [-0.4, -0.2) is 10.1 Å². The zero-order valence-electron chi connectivity index (χ0n) is 12.5. The van der Waals surface area contributed by atoms with E-state index in [1.165, 1.54) is 38.5 Å². The number of nitrogens with two attached hydrogens (primary N) is 1. The summed E-state index contributed by atoms with van der Waals surface area (Å²) < 4.78 is 5.38. The van der Waals surface area contributed by atoms with Gasteiger partial charge in [-0.15, -0.1) is 0 Å². The van der Waals surface area contributed by atoms with Gasteiger partial charge in [-0.1, -0.05) is 51.6 Å². The number of hydrogen-bond donors (Lipinski definition) is 1. The molecule has 0 aromatic carbocycles. The van der Waals surface area contributed by atoms with Gasteiger partial charge in [0.25, 0.3) is 0 Å². The van der Waals surface area contributed by atoms with Gasteiger partial charge in [-0.25, -0.2) is 0 Å². The van der Waals surface area contributed by atoms with Crippen LogP contribution < -0.4 is 5.73 Å². The summed E-state index contributed by atoms with van der Waals surface area (Å²) in [4.78, 5) is 4.50. The van der Waals surface area contributed by atoms with E-state index in [4.69, 9.17) is 10.3 Å². The van der Waals surface area contributed by atoms with Gasteiger partial charge in [0.1, 0.15) is 0 Å². The minimum atomic E-state index is -0.167. The van der Waals surface area contributed by atoms with Gasteiger partial charge in [-0.2, -0.15) is 4.98 Å². The van der Waals surface area contributed by atoms with Gasteiger partial charge in [0.2, 0.25) is 5.89 Å². The highest BCUT2D eigenvalue weighted by Crippen LogP contribution is 2.30. The molecule has 1 unspecified atom stereocenters. The lowest BCUT2D eigenvalue weighted by molar-refractivity contribution is 0.296. The first-order valence-corrected chi connectivity index (χ1v) is 7.55. The molecule has 1 saturated carbocycles.